The number of hydrogen-bond donors (Lipinski definition) is 2. The van der Waals surface area contributed by atoms with Gasteiger partial charge in [-0.15, -0.1) is 0 Å². The molecule has 0 aliphatic heterocycles. The van der Waals surface area contributed by atoms with Crippen LogP contribution < -0.4 is 5.32 Å². The summed E-state index contributed by atoms with van der Waals surface area (Å²) in [5.74, 6) is -0.320. The van der Waals surface area contributed by atoms with Crippen LogP contribution in [0.25, 0.3) is 0 Å². The molecule has 2 aliphatic rings. The summed E-state index contributed by atoms with van der Waals surface area (Å²) in [4.78, 5) is 12.6. The summed E-state index contributed by atoms with van der Waals surface area (Å²) in [7, 11) is -3.77. The predicted molar refractivity (Wildman–Crippen MR) is 113 cm³/mol. The van der Waals surface area contributed by atoms with Crippen molar-refractivity contribution in [3.05, 3.63) is 47.2 Å². The molecule has 0 spiro atoms. The number of nitrogens with one attached hydrogen (secondary N) is 1. The van der Waals surface area contributed by atoms with Crippen molar-refractivity contribution in [3.63, 3.8) is 0 Å². The third kappa shape index (κ3) is 3.61. The van der Waals surface area contributed by atoms with Gasteiger partial charge in [-0.1, -0.05) is 18.5 Å². The number of halogens is 1. The Morgan fingerprint density at radius 3 is 2.67 bits per heavy atom. The van der Waals surface area contributed by atoms with Crippen molar-refractivity contribution in [3.8, 4) is 0 Å². The minimum atomic E-state index is -3.77. The van der Waals surface area contributed by atoms with Crippen molar-refractivity contribution in [1.29, 1.82) is 0 Å². The number of anilines is 1. The summed E-state index contributed by atoms with van der Waals surface area (Å²) in [6.07, 6.45) is 4.45. The smallest absolute Gasteiger partial charge is 0.255 e. The highest BCUT2D eigenvalue weighted by atomic mass is 35.5. The van der Waals surface area contributed by atoms with Crippen LogP contribution in [0, 0.1) is 17.8 Å². The lowest BCUT2D eigenvalue weighted by Gasteiger charge is -2.40. The molecule has 4 rings (SSSR count). The number of amides is 1. The minimum absolute atomic E-state index is 0.0386. The summed E-state index contributed by atoms with van der Waals surface area (Å²) in [6.45, 7) is 3.89. The Balaban J connectivity index is 1.62. The SMILES string of the molecule is C[C@H]1CC2CC(S(=O)(=O)c3cc(C(=O)Nc4ccnnc4)ccc3Cl)CC1[C@]2(C)O. The van der Waals surface area contributed by atoms with E-state index in [1.54, 1.807) is 6.07 Å². The zero-order valence-electron chi connectivity index (χ0n) is 16.7. The second-order valence-corrected chi connectivity index (χ2v) is 11.2. The van der Waals surface area contributed by atoms with Gasteiger partial charge >= 0.3 is 0 Å². The molecule has 1 amide bonds. The standard InChI is InChI=1S/C21H24ClN3O4S/c1-12-7-14-9-16(10-17(12)21(14,2)27)30(28,29)19-8-13(3-4-18(19)22)20(26)25-15-5-6-23-24-11-15/h3-6,8,11-12,14,16-17,27H,7,9-10H2,1-2H3,(H,23,25,26)/t12-,14?,16?,17?,21+/m0/s1. The van der Waals surface area contributed by atoms with Crippen LogP contribution in [0.3, 0.4) is 0 Å². The van der Waals surface area contributed by atoms with Gasteiger partial charge in [-0.3, -0.25) is 4.79 Å². The first-order chi connectivity index (χ1) is 14.1. The van der Waals surface area contributed by atoms with Gasteiger partial charge in [-0.05, 0) is 68.2 Å². The first kappa shape index (κ1) is 21.2. The molecule has 0 saturated heterocycles. The highest BCUT2D eigenvalue weighted by Gasteiger charge is 2.56. The van der Waals surface area contributed by atoms with Gasteiger partial charge in [-0.25, -0.2) is 8.42 Å². The van der Waals surface area contributed by atoms with Crippen molar-refractivity contribution >= 4 is 33.0 Å². The van der Waals surface area contributed by atoms with Crippen LogP contribution in [0.15, 0.2) is 41.6 Å². The Labute approximate surface area is 180 Å². The highest BCUT2D eigenvalue weighted by molar-refractivity contribution is 7.92. The van der Waals surface area contributed by atoms with Crippen LogP contribution in [0.1, 0.15) is 43.5 Å². The average Bonchev–Trinajstić information content (AvgIpc) is 2.83. The third-order valence-electron chi connectivity index (χ3n) is 6.77. The molecule has 30 heavy (non-hydrogen) atoms. The van der Waals surface area contributed by atoms with E-state index >= 15 is 0 Å². The van der Waals surface area contributed by atoms with E-state index in [2.05, 4.69) is 22.4 Å². The van der Waals surface area contributed by atoms with E-state index in [1.807, 2.05) is 6.92 Å². The molecular weight excluding hydrogens is 426 g/mol. The van der Waals surface area contributed by atoms with Crippen LogP contribution in [0.2, 0.25) is 5.02 Å². The summed E-state index contributed by atoms with van der Waals surface area (Å²) in [5, 5.41) is 20.3. The van der Waals surface area contributed by atoms with E-state index in [4.69, 9.17) is 11.6 Å². The van der Waals surface area contributed by atoms with Gasteiger partial charge in [0.25, 0.3) is 5.91 Å². The Morgan fingerprint density at radius 1 is 1.23 bits per heavy atom. The molecule has 2 aromatic rings. The number of carbonyl (C=O) groups excluding carboxylic acids is 1. The molecule has 160 valence electrons. The Kier molecular flexibility index (Phi) is 5.36. The molecule has 0 radical (unpaired) electrons. The lowest BCUT2D eigenvalue weighted by atomic mass is 9.74. The van der Waals surface area contributed by atoms with Crippen molar-refractivity contribution in [2.45, 2.75) is 48.9 Å². The summed E-state index contributed by atoms with van der Waals surface area (Å²) in [5.41, 5.74) is -0.196. The Hall–Kier alpha value is -2.03. The maximum absolute atomic E-state index is 13.5. The molecule has 5 atom stereocenters. The summed E-state index contributed by atoms with van der Waals surface area (Å²) < 4.78 is 26.9. The molecule has 2 fully saturated rings. The third-order valence-corrected chi connectivity index (χ3v) is 9.42. The molecule has 1 aromatic heterocycles. The van der Waals surface area contributed by atoms with E-state index in [0.29, 0.717) is 18.5 Å². The van der Waals surface area contributed by atoms with Gasteiger partial charge in [-0.2, -0.15) is 10.2 Å². The van der Waals surface area contributed by atoms with E-state index in [1.165, 1.54) is 30.6 Å². The maximum Gasteiger partial charge on any atom is 0.255 e. The zero-order valence-corrected chi connectivity index (χ0v) is 18.3. The molecule has 1 heterocycles. The fourth-order valence-electron chi connectivity index (χ4n) is 5.10. The summed E-state index contributed by atoms with van der Waals surface area (Å²) in [6, 6.07) is 5.84. The number of nitrogens with zero attached hydrogens (tertiary/aromatic N) is 2. The van der Waals surface area contributed by atoms with Gasteiger partial charge in [0.2, 0.25) is 0 Å². The Morgan fingerprint density at radius 2 is 2.00 bits per heavy atom. The number of rotatable bonds is 4. The van der Waals surface area contributed by atoms with Crippen molar-refractivity contribution in [2.75, 3.05) is 5.32 Å². The molecule has 1 aromatic carbocycles. The van der Waals surface area contributed by atoms with Gasteiger partial charge in [0.05, 0.1) is 38.9 Å². The molecule has 2 bridgehead atoms. The first-order valence-electron chi connectivity index (χ1n) is 9.94. The second-order valence-electron chi connectivity index (χ2n) is 8.61. The number of carbonyl (C=O) groups is 1. The number of fused-ring (bicyclic) bond motifs is 2. The summed E-state index contributed by atoms with van der Waals surface area (Å²) >= 11 is 6.26. The highest BCUT2D eigenvalue weighted by Crippen LogP contribution is 2.54. The van der Waals surface area contributed by atoms with Crippen molar-refractivity contribution in [1.82, 2.24) is 10.2 Å². The van der Waals surface area contributed by atoms with Crippen molar-refractivity contribution < 1.29 is 18.3 Å². The predicted octanol–water partition coefficient (Wildman–Crippen LogP) is 3.34. The van der Waals surface area contributed by atoms with E-state index in [9.17, 15) is 18.3 Å². The van der Waals surface area contributed by atoms with Crippen LogP contribution in [-0.2, 0) is 9.84 Å². The van der Waals surface area contributed by atoms with E-state index < -0.39 is 26.6 Å². The Bertz CT molecular complexity index is 1070. The lowest BCUT2D eigenvalue weighted by molar-refractivity contribution is -0.0466. The van der Waals surface area contributed by atoms with Crippen LogP contribution in [0.5, 0.6) is 0 Å². The van der Waals surface area contributed by atoms with Gasteiger partial charge in [0.1, 0.15) is 0 Å². The fraction of sp³-hybridized carbons (Fsp3) is 0.476. The maximum atomic E-state index is 13.5. The first-order valence-corrected chi connectivity index (χ1v) is 11.9. The quantitative estimate of drug-likeness (QED) is 0.740. The number of benzene rings is 1. The molecule has 9 heteroatoms. The van der Waals surface area contributed by atoms with Crippen molar-refractivity contribution in [2.24, 2.45) is 17.8 Å². The van der Waals surface area contributed by atoms with Gasteiger partial charge in [0.15, 0.2) is 9.84 Å². The zero-order chi connectivity index (χ0) is 21.7. The number of hydrogen-bond acceptors (Lipinski definition) is 6. The molecular formula is C21H24ClN3O4S. The molecule has 2 saturated carbocycles. The van der Waals surface area contributed by atoms with Crippen LogP contribution >= 0.6 is 11.6 Å². The molecule has 7 nitrogen and oxygen atoms in total. The number of sulfone groups is 1. The van der Waals surface area contributed by atoms with Gasteiger partial charge < -0.3 is 10.4 Å². The number of aliphatic hydroxyl groups is 1. The second kappa shape index (κ2) is 7.59. The van der Waals surface area contributed by atoms with Crippen LogP contribution in [0.4, 0.5) is 5.69 Å². The average molecular weight is 450 g/mol. The fourth-order valence-corrected chi connectivity index (χ4v) is 7.47. The number of aromatic nitrogens is 2. The molecule has 3 unspecified atom stereocenters. The molecule has 2 aliphatic carbocycles. The minimum Gasteiger partial charge on any atom is -0.390 e. The monoisotopic (exact) mass is 449 g/mol. The molecule has 2 N–H and O–H groups in total. The van der Waals surface area contributed by atoms with E-state index in [0.717, 1.165) is 6.42 Å². The normalized spacial score (nSPS) is 30.8. The topological polar surface area (TPSA) is 109 Å². The van der Waals surface area contributed by atoms with E-state index in [-0.39, 0.29) is 33.2 Å². The largest absolute Gasteiger partial charge is 0.390 e. The van der Waals surface area contributed by atoms with Crippen LogP contribution in [-0.4, -0.2) is 40.5 Å². The van der Waals surface area contributed by atoms with Gasteiger partial charge in [0, 0.05) is 5.56 Å². The lowest BCUT2D eigenvalue weighted by Crippen LogP contribution is -2.46.